The van der Waals surface area contributed by atoms with Gasteiger partial charge in [-0.1, -0.05) is 12.1 Å². The number of nitrogens with zero attached hydrogens (tertiary/aromatic N) is 3. The Hall–Kier alpha value is -3.44. The predicted molar refractivity (Wildman–Crippen MR) is 117 cm³/mol. The van der Waals surface area contributed by atoms with Crippen LogP contribution in [0.4, 0.5) is 13.2 Å². The maximum atomic E-state index is 12.3. The average molecular weight is 476 g/mol. The maximum absolute atomic E-state index is 12.3. The molecule has 0 aliphatic rings. The predicted octanol–water partition coefficient (Wildman–Crippen LogP) is 4.44. The molecule has 1 N–H and O–H groups in total. The molecule has 1 amide bonds. The number of nitrogens with one attached hydrogen (secondary N) is 1. The zero-order valence-electron chi connectivity index (χ0n) is 17.4. The summed E-state index contributed by atoms with van der Waals surface area (Å²) in [6.07, 6.45) is 0.691. The number of halogens is 3. The first kappa shape index (κ1) is 22.7. The number of amides is 1. The number of ether oxygens (including phenoxy) is 2. The van der Waals surface area contributed by atoms with Crippen LogP contribution in [0, 0.1) is 0 Å². The SMILES string of the molecule is COCCOc1ccc(-c2cnc3c(-c4csc(C(=O)NCC(F)(F)F)c4)cnn3c2)cc1. The van der Waals surface area contributed by atoms with E-state index in [0.29, 0.717) is 30.0 Å². The molecule has 0 bridgehead atoms. The van der Waals surface area contributed by atoms with Gasteiger partial charge in [-0.25, -0.2) is 9.50 Å². The fourth-order valence-electron chi connectivity index (χ4n) is 3.08. The van der Waals surface area contributed by atoms with E-state index in [4.69, 9.17) is 9.47 Å². The van der Waals surface area contributed by atoms with Gasteiger partial charge in [0.15, 0.2) is 5.65 Å². The van der Waals surface area contributed by atoms with Crippen LogP contribution >= 0.6 is 11.3 Å². The molecule has 0 saturated heterocycles. The van der Waals surface area contributed by atoms with Crippen molar-refractivity contribution in [1.82, 2.24) is 19.9 Å². The van der Waals surface area contributed by atoms with Crippen LogP contribution in [0.15, 0.2) is 54.3 Å². The molecule has 172 valence electrons. The second kappa shape index (κ2) is 9.59. The van der Waals surface area contributed by atoms with Crippen molar-refractivity contribution in [2.24, 2.45) is 0 Å². The van der Waals surface area contributed by atoms with E-state index in [9.17, 15) is 18.0 Å². The van der Waals surface area contributed by atoms with Crippen molar-refractivity contribution in [3.63, 3.8) is 0 Å². The van der Waals surface area contributed by atoms with Gasteiger partial charge in [0.25, 0.3) is 5.91 Å². The third-order valence-corrected chi connectivity index (χ3v) is 5.61. The number of fused-ring (bicyclic) bond motifs is 1. The van der Waals surface area contributed by atoms with Crippen LogP contribution in [-0.2, 0) is 4.74 Å². The topological polar surface area (TPSA) is 77.8 Å². The van der Waals surface area contributed by atoms with Gasteiger partial charge >= 0.3 is 6.18 Å². The molecule has 7 nitrogen and oxygen atoms in total. The van der Waals surface area contributed by atoms with Crippen molar-refractivity contribution in [3.8, 4) is 28.0 Å². The van der Waals surface area contributed by atoms with E-state index in [1.807, 2.05) is 35.8 Å². The van der Waals surface area contributed by atoms with E-state index < -0.39 is 18.6 Å². The summed E-state index contributed by atoms with van der Waals surface area (Å²) < 4.78 is 49.1. The highest BCUT2D eigenvalue weighted by Crippen LogP contribution is 2.30. The van der Waals surface area contributed by atoms with Crippen molar-refractivity contribution in [2.75, 3.05) is 26.9 Å². The number of alkyl halides is 3. The Kier molecular flexibility index (Phi) is 6.61. The average Bonchev–Trinajstić information content (AvgIpc) is 3.44. The van der Waals surface area contributed by atoms with E-state index >= 15 is 0 Å². The largest absolute Gasteiger partial charge is 0.491 e. The van der Waals surface area contributed by atoms with E-state index in [1.54, 1.807) is 29.4 Å². The lowest BCUT2D eigenvalue weighted by molar-refractivity contribution is -0.123. The summed E-state index contributed by atoms with van der Waals surface area (Å²) in [7, 11) is 1.61. The van der Waals surface area contributed by atoms with Crippen molar-refractivity contribution < 1.29 is 27.4 Å². The lowest BCUT2D eigenvalue weighted by atomic mass is 10.1. The fraction of sp³-hybridized carbons (Fsp3) is 0.227. The van der Waals surface area contributed by atoms with Gasteiger partial charge in [0.05, 0.1) is 17.7 Å². The van der Waals surface area contributed by atoms with Crippen LogP contribution < -0.4 is 10.1 Å². The smallest absolute Gasteiger partial charge is 0.405 e. The zero-order chi connectivity index (χ0) is 23.4. The third kappa shape index (κ3) is 5.49. The van der Waals surface area contributed by atoms with Gasteiger partial charge in [-0.2, -0.15) is 18.3 Å². The van der Waals surface area contributed by atoms with E-state index in [0.717, 1.165) is 28.2 Å². The number of aromatic nitrogens is 3. The standard InChI is InChI=1S/C22H19F3N4O3S/c1-31-6-7-32-17-4-2-14(3-5-17)16-9-26-20-18(10-28-29(20)11-16)15-8-19(33-12-15)21(30)27-13-22(23,24)25/h2-5,8-12H,6-7,13H2,1H3,(H,27,30). The number of carbonyl (C=O) groups excluding carboxylic acids is 1. The normalized spacial score (nSPS) is 11.6. The number of rotatable bonds is 8. The summed E-state index contributed by atoms with van der Waals surface area (Å²) in [5.41, 5.74) is 3.68. The third-order valence-electron chi connectivity index (χ3n) is 4.68. The lowest BCUT2D eigenvalue weighted by Gasteiger charge is -2.07. The Morgan fingerprint density at radius 1 is 1.12 bits per heavy atom. The number of hydrogen-bond acceptors (Lipinski definition) is 6. The molecule has 3 heterocycles. The number of benzene rings is 1. The van der Waals surface area contributed by atoms with E-state index in [1.165, 1.54) is 6.07 Å². The molecule has 0 aliphatic carbocycles. The minimum atomic E-state index is -4.46. The second-order valence-electron chi connectivity index (χ2n) is 7.03. The Morgan fingerprint density at radius 3 is 2.64 bits per heavy atom. The minimum Gasteiger partial charge on any atom is -0.491 e. The molecule has 33 heavy (non-hydrogen) atoms. The molecular formula is C22H19F3N4O3S. The monoisotopic (exact) mass is 476 g/mol. The van der Waals surface area contributed by atoms with Gasteiger partial charge in [-0.15, -0.1) is 11.3 Å². The number of thiophene rings is 1. The first-order valence-corrected chi connectivity index (χ1v) is 10.7. The summed E-state index contributed by atoms with van der Waals surface area (Å²) in [6.45, 7) is -0.401. The summed E-state index contributed by atoms with van der Waals surface area (Å²) in [4.78, 5) is 16.7. The van der Waals surface area contributed by atoms with Gasteiger partial charge in [-0.3, -0.25) is 4.79 Å². The van der Waals surface area contributed by atoms with Crippen LogP contribution in [0.2, 0.25) is 0 Å². The maximum Gasteiger partial charge on any atom is 0.405 e. The van der Waals surface area contributed by atoms with Gasteiger partial charge < -0.3 is 14.8 Å². The van der Waals surface area contributed by atoms with Crippen LogP contribution in [0.3, 0.4) is 0 Å². The first-order chi connectivity index (χ1) is 15.8. The Labute approximate surface area is 190 Å². The Morgan fingerprint density at radius 2 is 1.91 bits per heavy atom. The molecule has 4 aromatic rings. The molecule has 0 saturated carbocycles. The highest BCUT2D eigenvalue weighted by molar-refractivity contribution is 7.12. The second-order valence-corrected chi connectivity index (χ2v) is 7.94. The molecule has 0 spiro atoms. The van der Waals surface area contributed by atoms with Crippen molar-refractivity contribution >= 4 is 22.9 Å². The summed E-state index contributed by atoms with van der Waals surface area (Å²) in [5, 5.41) is 7.91. The summed E-state index contributed by atoms with van der Waals surface area (Å²) in [5.74, 6) is -0.0383. The Bertz CT molecular complexity index is 1250. The van der Waals surface area contributed by atoms with E-state index in [-0.39, 0.29) is 4.88 Å². The van der Waals surface area contributed by atoms with Gasteiger partial charge in [-0.05, 0) is 34.7 Å². The number of carbonyl (C=O) groups is 1. The zero-order valence-corrected chi connectivity index (χ0v) is 18.2. The Balaban J connectivity index is 1.51. The van der Waals surface area contributed by atoms with Crippen molar-refractivity contribution in [2.45, 2.75) is 6.18 Å². The first-order valence-electron chi connectivity index (χ1n) is 9.83. The van der Waals surface area contributed by atoms with Gasteiger partial charge in [0, 0.05) is 30.6 Å². The minimum absolute atomic E-state index is 0.179. The van der Waals surface area contributed by atoms with Crippen LogP contribution in [0.1, 0.15) is 9.67 Å². The van der Waals surface area contributed by atoms with E-state index in [2.05, 4.69) is 10.1 Å². The van der Waals surface area contributed by atoms with Crippen molar-refractivity contribution in [1.29, 1.82) is 0 Å². The van der Waals surface area contributed by atoms with Gasteiger partial charge in [0.1, 0.15) is 18.9 Å². The highest BCUT2D eigenvalue weighted by Gasteiger charge is 2.28. The van der Waals surface area contributed by atoms with Crippen LogP contribution in [0.5, 0.6) is 5.75 Å². The molecule has 4 rings (SSSR count). The molecule has 0 aliphatic heterocycles. The lowest BCUT2D eigenvalue weighted by Crippen LogP contribution is -2.33. The highest BCUT2D eigenvalue weighted by atomic mass is 32.1. The molecule has 0 fully saturated rings. The van der Waals surface area contributed by atoms with Crippen LogP contribution in [0.25, 0.3) is 27.9 Å². The summed E-state index contributed by atoms with van der Waals surface area (Å²) >= 11 is 1.06. The molecule has 0 unspecified atom stereocenters. The molecule has 3 aromatic heterocycles. The summed E-state index contributed by atoms with van der Waals surface area (Å²) in [6, 6.07) is 9.09. The molecule has 1 aromatic carbocycles. The van der Waals surface area contributed by atoms with Crippen molar-refractivity contribution in [3.05, 3.63) is 59.2 Å². The molecule has 0 atom stereocenters. The molecular weight excluding hydrogens is 457 g/mol. The number of methoxy groups -OCH3 is 1. The molecule has 11 heteroatoms. The van der Waals surface area contributed by atoms with Crippen LogP contribution in [-0.4, -0.2) is 53.5 Å². The van der Waals surface area contributed by atoms with Gasteiger partial charge in [0.2, 0.25) is 0 Å². The molecule has 0 radical (unpaired) electrons. The number of hydrogen-bond donors (Lipinski definition) is 1. The quantitative estimate of drug-likeness (QED) is 0.381. The fourth-order valence-corrected chi connectivity index (χ4v) is 3.90.